The Labute approximate surface area is 96.1 Å². The molecule has 3 rings (SSSR count). The molecule has 80 valence electrons. The summed E-state index contributed by atoms with van der Waals surface area (Å²) in [6, 6.07) is 17.5. The van der Waals surface area contributed by atoms with Crippen LogP contribution in [0.5, 0.6) is 0 Å². The molecule has 1 heteroatoms. The van der Waals surface area contributed by atoms with Gasteiger partial charge < -0.3 is 5.32 Å². The SMILES string of the molecule is c1ccc(-c2ccc3c(c2)CC[NH2+]C3)cc1. The number of hydrogen-bond acceptors (Lipinski definition) is 0. The molecule has 1 heterocycles. The molecular weight excluding hydrogens is 194 g/mol. The van der Waals surface area contributed by atoms with E-state index in [4.69, 9.17) is 0 Å². The van der Waals surface area contributed by atoms with Gasteiger partial charge in [-0.1, -0.05) is 48.5 Å². The molecule has 0 unspecified atom stereocenters. The van der Waals surface area contributed by atoms with Gasteiger partial charge in [0, 0.05) is 12.0 Å². The van der Waals surface area contributed by atoms with Crippen LogP contribution >= 0.6 is 0 Å². The lowest BCUT2D eigenvalue weighted by atomic mass is 9.95. The van der Waals surface area contributed by atoms with Crippen LogP contribution in [-0.4, -0.2) is 6.54 Å². The lowest BCUT2D eigenvalue weighted by Crippen LogP contribution is -2.84. The second kappa shape index (κ2) is 4.11. The van der Waals surface area contributed by atoms with Gasteiger partial charge >= 0.3 is 0 Å². The number of nitrogens with two attached hydrogens (primary N) is 1. The second-order valence-corrected chi connectivity index (χ2v) is 4.38. The predicted octanol–water partition coefficient (Wildman–Crippen LogP) is 1.97. The Kier molecular flexibility index (Phi) is 2.47. The van der Waals surface area contributed by atoms with Gasteiger partial charge in [-0.15, -0.1) is 0 Å². The molecule has 0 aromatic heterocycles. The fourth-order valence-electron chi connectivity index (χ4n) is 2.38. The lowest BCUT2D eigenvalue weighted by Gasteiger charge is -2.15. The Bertz CT molecular complexity index is 488. The fraction of sp³-hybridized carbons (Fsp3) is 0.200. The minimum absolute atomic E-state index is 1.14. The normalized spacial score (nSPS) is 14.5. The molecule has 2 N–H and O–H groups in total. The zero-order valence-corrected chi connectivity index (χ0v) is 9.32. The van der Waals surface area contributed by atoms with Crippen LogP contribution in [0.15, 0.2) is 48.5 Å². The smallest absolute Gasteiger partial charge is 0.102 e. The molecule has 0 saturated carbocycles. The van der Waals surface area contributed by atoms with Crippen LogP contribution in [-0.2, 0) is 13.0 Å². The van der Waals surface area contributed by atoms with Gasteiger partial charge in [-0.2, -0.15) is 0 Å². The van der Waals surface area contributed by atoms with E-state index in [2.05, 4.69) is 53.8 Å². The summed E-state index contributed by atoms with van der Waals surface area (Å²) in [5.41, 5.74) is 5.70. The van der Waals surface area contributed by atoms with E-state index < -0.39 is 0 Å². The Hall–Kier alpha value is -1.60. The summed E-state index contributed by atoms with van der Waals surface area (Å²) in [5.74, 6) is 0. The summed E-state index contributed by atoms with van der Waals surface area (Å²) in [6.07, 6.45) is 1.20. The number of benzene rings is 2. The maximum atomic E-state index is 2.38. The van der Waals surface area contributed by atoms with E-state index in [1.165, 1.54) is 35.2 Å². The zero-order chi connectivity index (χ0) is 10.8. The van der Waals surface area contributed by atoms with Crippen molar-refractivity contribution in [2.75, 3.05) is 6.54 Å². The first-order valence-electron chi connectivity index (χ1n) is 5.92. The minimum atomic E-state index is 1.14. The zero-order valence-electron chi connectivity index (χ0n) is 9.32. The first kappa shape index (κ1) is 9.61. The van der Waals surface area contributed by atoms with Crippen molar-refractivity contribution in [1.82, 2.24) is 0 Å². The third kappa shape index (κ3) is 1.74. The van der Waals surface area contributed by atoms with Crippen molar-refractivity contribution in [3.63, 3.8) is 0 Å². The van der Waals surface area contributed by atoms with Gasteiger partial charge in [-0.3, -0.25) is 0 Å². The van der Waals surface area contributed by atoms with Crippen molar-refractivity contribution in [2.24, 2.45) is 0 Å². The number of hydrogen-bond donors (Lipinski definition) is 1. The fourth-order valence-corrected chi connectivity index (χ4v) is 2.38. The van der Waals surface area contributed by atoms with E-state index in [0.717, 1.165) is 6.54 Å². The summed E-state index contributed by atoms with van der Waals surface area (Å²) < 4.78 is 0. The van der Waals surface area contributed by atoms with Crippen LogP contribution in [0.25, 0.3) is 11.1 Å². The second-order valence-electron chi connectivity index (χ2n) is 4.38. The standard InChI is InChI=1S/C15H15N/c1-2-4-12(5-3-1)13-6-7-15-11-16-9-8-14(15)10-13/h1-7,10,16H,8-9,11H2/p+1. The number of quaternary nitrogens is 1. The van der Waals surface area contributed by atoms with Crippen molar-refractivity contribution in [3.8, 4) is 11.1 Å². The molecule has 2 aromatic rings. The highest BCUT2D eigenvalue weighted by molar-refractivity contribution is 5.64. The van der Waals surface area contributed by atoms with Crippen molar-refractivity contribution >= 4 is 0 Å². The van der Waals surface area contributed by atoms with Gasteiger partial charge in [-0.05, 0) is 16.7 Å². The third-order valence-electron chi connectivity index (χ3n) is 3.30. The van der Waals surface area contributed by atoms with Crippen LogP contribution in [0.3, 0.4) is 0 Å². The van der Waals surface area contributed by atoms with E-state index in [0.29, 0.717) is 0 Å². The average molecular weight is 210 g/mol. The van der Waals surface area contributed by atoms with E-state index >= 15 is 0 Å². The molecule has 0 radical (unpaired) electrons. The molecule has 0 bridgehead atoms. The largest absolute Gasteiger partial charge is 0.342 e. The molecule has 1 aliphatic rings. The van der Waals surface area contributed by atoms with E-state index in [1.807, 2.05) is 0 Å². The van der Waals surface area contributed by atoms with Gasteiger partial charge in [-0.25, -0.2) is 0 Å². The first-order valence-corrected chi connectivity index (χ1v) is 5.92. The Morgan fingerprint density at radius 2 is 1.69 bits per heavy atom. The van der Waals surface area contributed by atoms with Crippen LogP contribution in [0.1, 0.15) is 11.1 Å². The molecule has 0 fully saturated rings. The summed E-state index contributed by atoms with van der Waals surface area (Å²) in [5, 5.41) is 2.38. The summed E-state index contributed by atoms with van der Waals surface area (Å²) in [4.78, 5) is 0. The molecule has 16 heavy (non-hydrogen) atoms. The van der Waals surface area contributed by atoms with E-state index in [1.54, 1.807) is 0 Å². The van der Waals surface area contributed by atoms with Gasteiger partial charge in [0.05, 0.1) is 6.54 Å². The lowest BCUT2D eigenvalue weighted by molar-refractivity contribution is -0.673. The molecule has 0 amide bonds. The highest BCUT2D eigenvalue weighted by Crippen LogP contribution is 2.23. The minimum Gasteiger partial charge on any atom is -0.342 e. The average Bonchev–Trinajstić information content (AvgIpc) is 2.39. The molecule has 0 saturated heterocycles. The quantitative estimate of drug-likeness (QED) is 0.741. The summed E-state index contributed by atoms with van der Waals surface area (Å²) >= 11 is 0. The topological polar surface area (TPSA) is 16.6 Å². The molecule has 2 aromatic carbocycles. The molecule has 1 nitrogen and oxygen atoms in total. The highest BCUT2D eigenvalue weighted by Gasteiger charge is 2.11. The van der Waals surface area contributed by atoms with Crippen LogP contribution in [0.2, 0.25) is 0 Å². The molecule has 0 atom stereocenters. The van der Waals surface area contributed by atoms with E-state index in [-0.39, 0.29) is 0 Å². The van der Waals surface area contributed by atoms with Crippen LogP contribution in [0, 0.1) is 0 Å². The van der Waals surface area contributed by atoms with E-state index in [9.17, 15) is 0 Å². The maximum Gasteiger partial charge on any atom is 0.102 e. The van der Waals surface area contributed by atoms with Gasteiger partial charge in [0.25, 0.3) is 0 Å². The van der Waals surface area contributed by atoms with Crippen molar-refractivity contribution in [3.05, 3.63) is 59.7 Å². The Morgan fingerprint density at radius 1 is 0.812 bits per heavy atom. The summed E-state index contributed by atoms with van der Waals surface area (Å²) in [6.45, 7) is 2.37. The predicted molar refractivity (Wildman–Crippen MR) is 66.1 cm³/mol. The molecular formula is C15H16N+. The first-order chi connectivity index (χ1) is 7.93. The van der Waals surface area contributed by atoms with Crippen molar-refractivity contribution in [1.29, 1.82) is 0 Å². The third-order valence-corrected chi connectivity index (χ3v) is 3.30. The van der Waals surface area contributed by atoms with Crippen LogP contribution in [0.4, 0.5) is 0 Å². The number of rotatable bonds is 1. The van der Waals surface area contributed by atoms with Gasteiger partial charge in [0.2, 0.25) is 0 Å². The highest BCUT2D eigenvalue weighted by atomic mass is 14.9. The Morgan fingerprint density at radius 3 is 2.56 bits per heavy atom. The number of fused-ring (bicyclic) bond motifs is 1. The molecule has 1 aliphatic heterocycles. The van der Waals surface area contributed by atoms with Crippen molar-refractivity contribution < 1.29 is 5.32 Å². The van der Waals surface area contributed by atoms with Gasteiger partial charge in [0.15, 0.2) is 0 Å². The van der Waals surface area contributed by atoms with Crippen molar-refractivity contribution in [2.45, 2.75) is 13.0 Å². The molecule has 0 spiro atoms. The monoisotopic (exact) mass is 210 g/mol. The van der Waals surface area contributed by atoms with Gasteiger partial charge in [0.1, 0.15) is 6.54 Å². The summed E-state index contributed by atoms with van der Waals surface area (Å²) in [7, 11) is 0. The molecule has 0 aliphatic carbocycles. The van der Waals surface area contributed by atoms with Crippen LogP contribution < -0.4 is 5.32 Å². The maximum absolute atomic E-state index is 2.38. The Balaban J connectivity index is 2.03.